The smallest absolute Gasteiger partial charge is 0.255 e. The molecular weight excluding hydrogens is 385 g/mol. The van der Waals surface area contributed by atoms with Crippen molar-refractivity contribution < 1.29 is 13.2 Å². The summed E-state index contributed by atoms with van der Waals surface area (Å²) in [4.78, 5) is 12.0. The lowest BCUT2D eigenvalue weighted by Crippen LogP contribution is -2.36. The molecule has 0 fully saturated rings. The van der Waals surface area contributed by atoms with E-state index in [1.165, 1.54) is 25.4 Å². The standard InChI is InChI=1S/C16H15Cl2N3O3S/c1-21(25(23,24)13-5-3-2-4-6-13)11-16(22)20-19-10-12-7-8-14(17)15(18)9-12/h2-10H,11H2,1H3,(H,20,22)/b19-10-. The van der Waals surface area contributed by atoms with Gasteiger partial charge in [-0.2, -0.15) is 9.41 Å². The lowest BCUT2D eigenvalue weighted by molar-refractivity contribution is -0.121. The first-order valence-electron chi connectivity index (χ1n) is 7.09. The van der Waals surface area contributed by atoms with Crippen LogP contribution < -0.4 is 5.43 Å². The molecule has 0 unspecified atom stereocenters. The van der Waals surface area contributed by atoms with Crippen molar-refractivity contribution in [1.29, 1.82) is 0 Å². The predicted molar refractivity (Wildman–Crippen MR) is 98.5 cm³/mol. The van der Waals surface area contributed by atoms with Crippen molar-refractivity contribution >= 4 is 45.3 Å². The number of carbonyl (C=O) groups is 1. The summed E-state index contributed by atoms with van der Waals surface area (Å²) in [5, 5.41) is 4.55. The minimum absolute atomic E-state index is 0.115. The average molecular weight is 400 g/mol. The minimum Gasteiger partial charge on any atom is -0.272 e. The Labute approximate surface area is 156 Å². The van der Waals surface area contributed by atoms with Crippen LogP contribution in [0.3, 0.4) is 0 Å². The summed E-state index contributed by atoms with van der Waals surface area (Å²) >= 11 is 11.7. The van der Waals surface area contributed by atoms with Gasteiger partial charge < -0.3 is 0 Å². The first-order valence-corrected chi connectivity index (χ1v) is 9.28. The lowest BCUT2D eigenvalue weighted by atomic mass is 10.2. The van der Waals surface area contributed by atoms with Gasteiger partial charge in [0.1, 0.15) is 0 Å². The molecule has 0 atom stereocenters. The summed E-state index contributed by atoms with van der Waals surface area (Å²) in [6.07, 6.45) is 1.38. The number of halogens is 2. The summed E-state index contributed by atoms with van der Waals surface area (Å²) in [5.74, 6) is -0.571. The van der Waals surface area contributed by atoms with Crippen molar-refractivity contribution in [2.45, 2.75) is 4.90 Å². The Kier molecular flexibility index (Phi) is 6.55. The van der Waals surface area contributed by atoms with Crippen LogP contribution in [0.2, 0.25) is 10.0 Å². The van der Waals surface area contributed by atoms with Gasteiger partial charge in [-0.15, -0.1) is 0 Å². The van der Waals surface area contributed by atoms with Crippen LogP contribution in [0.5, 0.6) is 0 Å². The SMILES string of the molecule is CN(CC(=O)N/N=C\c1ccc(Cl)c(Cl)c1)S(=O)(=O)c1ccccc1. The average Bonchev–Trinajstić information content (AvgIpc) is 2.58. The van der Waals surface area contributed by atoms with Gasteiger partial charge in [0.2, 0.25) is 10.0 Å². The van der Waals surface area contributed by atoms with E-state index >= 15 is 0 Å². The second kappa shape index (κ2) is 8.44. The van der Waals surface area contributed by atoms with Gasteiger partial charge in [0, 0.05) is 7.05 Å². The topological polar surface area (TPSA) is 78.8 Å². The number of hydrogen-bond acceptors (Lipinski definition) is 4. The molecule has 0 radical (unpaired) electrons. The Balaban J connectivity index is 1.95. The number of likely N-dealkylation sites (N-methyl/N-ethyl adjacent to an activating group) is 1. The Hall–Kier alpha value is -1.93. The molecule has 1 N–H and O–H groups in total. The maximum atomic E-state index is 12.3. The van der Waals surface area contributed by atoms with Gasteiger partial charge >= 0.3 is 0 Å². The van der Waals surface area contributed by atoms with Gasteiger partial charge in [0.15, 0.2) is 0 Å². The zero-order valence-corrected chi connectivity index (χ0v) is 15.5. The molecule has 0 bridgehead atoms. The molecule has 132 valence electrons. The van der Waals surface area contributed by atoms with Gasteiger partial charge in [-0.3, -0.25) is 4.79 Å². The van der Waals surface area contributed by atoms with Crippen LogP contribution in [-0.2, 0) is 14.8 Å². The third-order valence-corrected chi connectivity index (χ3v) is 5.72. The summed E-state index contributed by atoms with van der Waals surface area (Å²) in [7, 11) is -2.41. The van der Waals surface area contributed by atoms with Gasteiger partial charge in [-0.25, -0.2) is 13.8 Å². The van der Waals surface area contributed by atoms with Crippen molar-refractivity contribution in [1.82, 2.24) is 9.73 Å². The molecule has 0 saturated carbocycles. The van der Waals surface area contributed by atoms with E-state index in [1.807, 2.05) is 0 Å². The summed E-state index contributed by atoms with van der Waals surface area (Å²) < 4.78 is 25.6. The van der Waals surface area contributed by atoms with Crippen LogP contribution in [0.25, 0.3) is 0 Å². The van der Waals surface area contributed by atoms with Gasteiger partial charge in [-0.05, 0) is 29.8 Å². The van der Waals surface area contributed by atoms with E-state index in [0.717, 1.165) is 4.31 Å². The molecule has 0 aliphatic rings. The van der Waals surface area contributed by atoms with E-state index in [-0.39, 0.29) is 11.4 Å². The maximum Gasteiger partial charge on any atom is 0.255 e. The number of hydrazone groups is 1. The highest BCUT2D eigenvalue weighted by atomic mass is 35.5. The molecule has 0 aromatic heterocycles. The molecule has 0 heterocycles. The number of nitrogens with one attached hydrogen (secondary N) is 1. The summed E-state index contributed by atoms with van der Waals surface area (Å²) in [6.45, 7) is -0.365. The van der Waals surface area contributed by atoms with Crippen molar-refractivity contribution in [2.24, 2.45) is 5.10 Å². The lowest BCUT2D eigenvalue weighted by Gasteiger charge is -2.15. The fraction of sp³-hybridized carbons (Fsp3) is 0.125. The van der Waals surface area contributed by atoms with E-state index in [2.05, 4.69) is 10.5 Å². The molecule has 0 spiro atoms. The normalized spacial score (nSPS) is 11.8. The molecule has 0 aliphatic heterocycles. The van der Waals surface area contributed by atoms with Crippen LogP contribution >= 0.6 is 23.2 Å². The second-order valence-corrected chi connectivity index (χ2v) is 7.90. The van der Waals surface area contributed by atoms with E-state index in [1.54, 1.807) is 36.4 Å². The molecule has 2 aromatic rings. The zero-order chi connectivity index (χ0) is 18.4. The van der Waals surface area contributed by atoms with Gasteiger partial charge in [0.25, 0.3) is 5.91 Å². The van der Waals surface area contributed by atoms with Crippen LogP contribution in [0.15, 0.2) is 58.5 Å². The van der Waals surface area contributed by atoms with Crippen molar-refractivity contribution in [3.8, 4) is 0 Å². The molecule has 2 aromatic carbocycles. The third-order valence-electron chi connectivity index (χ3n) is 3.16. The van der Waals surface area contributed by atoms with E-state index < -0.39 is 15.9 Å². The van der Waals surface area contributed by atoms with Crippen LogP contribution in [0.1, 0.15) is 5.56 Å². The van der Waals surface area contributed by atoms with Gasteiger partial charge in [0.05, 0.1) is 27.7 Å². The first-order chi connectivity index (χ1) is 11.8. The van der Waals surface area contributed by atoms with E-state index in [0.29, 0.717) is 15.6 Å². The maximum absolute atomic E-state index is 12.3. The monoisotopic (exact) mass is 399 g/mol. The molecule has 2 rings (SSSR count). The molecule has 0 aliphatic carbocycles. The van der Waals surface area contributed by atoms with Crippen LogP contribution in [-0.4, -0.2) is 38.4 Å². The quantitative estimate of drug-likeness (QED) is 0.598. The summed E-state index contributed by atoms with van der Waals surface area (Å²) in [6, 6.07) is 12.7. The fourth-order valence-electron chi connectivity index (χ4n) is 1.87. The number of carbonyl (C=O) groups excluding carboxylic acids is 1. The Morgan fingerprint density at radius 2 is 1.84 bits per heavy atom. The number of nitrogens with zero attached hydrogens (tertiary/aromatic N) is 2. The minimum atomic E-state index is -3.73. The Morgan fingerprint density at radius 3 is 2.48 bits per heavy atom. The fourth-order valence-corrected chi connectivity index (χ4v) is 3.32. The highest BCUT2D eigenvalue weighted by Crippen LogP contribution is 2.21. The number of benzene rings is 2. The first kappa shape index (κ1) is 19.4. The molecule has 25 heavy (non-hydrogen) atoms. The highest BCUT2D eigenvalue weighted by Gasteiger charge is 2.22. The van der Waals surface area contributed by atoms with Crippen LogP contribution in [0, 0.1) is 0 Å². The molecule has 9 heteroatoms. The molecular formula is C16H15Cl2N3O3S. The number of amides is 1. The summed E-state index contributed by atoms with van der Waals surface area (Å²) in [5.41, 5.74) is 2.91. The molecule has 1 amide bonds. The number of rotatable bonds is 6. The van der Waals surface area contributed by atoms with Crippen molar-refractivity contribution in [3.05, 3.63) is 64.1 Å². The number of hydrogen-bond donors (Lipinski definition) is 1. The third kappa shape index (κ3) is 5.27. The van der Waals surface area contributed by atoms with Crippen molar-refractivity contribution in [3.63, 3.8) is 0 Å². The number of sulfonamides is 1. The molecule has 6 nitrogen and oxygen atoms in total. The van der Waals surface area contributed by atoms with Crippen LogP contribution in [0.4, 0.5) is 0 Å². The van der Waals surface area contributed by atoms with Crippen molar-refractivity contribution in [2.75, 3.05) is 13.6 Å². The molecule has 0 saturated heterocycles. The Bertz CT molecular complexity index is 887. The Morgan fingerprint density at radius 1 is 1.16 bits per heavy atom. The van der Waals surface area contributed by atoms with E-state index in [9.17, 15) is 13.2 Å². The largest absolute Gasteiger partial charge is 0.272 e. The van der Waals surface area contributed by atoms with E-state index in [4.69, 9.17) is 23.2 Å². The second-order valence-electron chi connectivity index (χ2n) is 5.04. The predicted octanol–water partition coefficient (Wildman–Crippen LogP) is 2.76. The van der Waals surface area contributed by atoms with Gasteiger partial charge in [-0.1, -0.05) is 47.5 Å². The zero-order valence-electron chi connectivity index (χ0n) is 13.2. The highest BCUT2D eigenvalue weighted by molar-refractivity contribution is 7.89.